The molecule has 0 atom stereocenters. The largest absolute Gasteiger partial charge is 0.469 e. The Morgan fingerprint density at radius 2 is 2.27 bits per heavy atom. The Morgan fingerprint density at radius 1 is 1.41 bits per heavy atom. The molecule has 3 rings (SSSR count). The fraction of sp³-hybridized carbons (Fsp3) is 0.385. The first kappa shape index (κ1) is 14.6. The van der Waals surface area contributed by atoms with E-state index in [9.17, 15) is 9.59 Å². The van der Waals surface area contributed by atoms with Gasteiger partial charge in [0.15, 0.2) is 0 Å². The summed E-state index contributed by atoms with van der Waals surface area (Å²) in [6.07, 6.45) is 2.23. The molecule has 8 nitrogen and oxygen atoms in total. The van der Waals surface area contributed by atoms with E-state index in [1.54, 1.807) is 12.3 Å². The number of aromatic nitrogens is 2. The number of nitrogens with zero attached hydrogens (tertiary/aromatic N) is 3. The lowest BCUT2D eigenvalue weighted by molar-refractivity contribution is -0.124. The third kappa shape index (κ3) is 2.98. The number of rotatable bonds is 6. The molecule has 1 fully saturated rings. The van der Waals surface area contributed by atoms with Crippen molar-refractivity contribution in [2.45, 2.75) is 18.6 Å². The average molecular weight is 322 g/mol. The summed E-state index contributed by atoms with van der Waals surface area (Å²) in [7, 11) is 0. The van der Waals surface area contributed by atoms with E-state index in [2.05, 4.69) is 15.5 Å². The zero-order chi connectivity index (χ0) is 15.5. The van der Waals surface area contributed by atoms with Crippen molar-refractivity contribution in [2.75, 3.05) is 18.8 Å². The van der Waals surface area contributed by atoms with Gasteiger partial charge in [0.1, 0.15) is 5.76 Å². The van der Waals surface area contributed by atoms with Crippen LogP contribution in [0.4, 0.5) is 4.79 Å². The van der Waals surface area contributed by atoms with Crippen LogP contribution in [0.3, 0.4) is 0 Å². The van der Waals surface area contributed by atoms with Crippen LogP contribution in [0, 0.1) is 6.92 Å². The van der Waals surface area contributed by atoms with Gasteiger partial charge >= 0.3 is 6.03 Å². The van der Waals surface area contributed by atoms with Gasteiger partial charge in [-0.25, -0.2) is 4.79 Å². The Bertz CT molecular complexity index is 680. The molecule has 2 aromatic rings. The van der Waals surface area contributed by atoms with Crippen molar-refractivity contribution < 1.29 is 18.4 Å². The summed E-state index contributed by atoms with van der Waals surface area (Å²) in [5.41, 5.74) is 0.777. The van der Waals surface area contributed by atoms with E-state index in [-0.39, 0.29) is 18.5 Å². The first-order valence-corrected chi connectivity index (χ1v) is 7.72. The summed E-state index contributed by atoms with van der Waals surface area (Å²) < 4.78 is 10.7. The first-order valence-electron chi connectivity index (χ1n) is 6.74. The summed E-state index contributed by atoms with van der Waals surface area (Å²) in [6.45, 7) is 2.30. The van der Waals surface area contributed by atoms with Gasteiger partial charge in [-0.1, -0.05) is 11.8 Å². The Labute approximate surface area is 130 Å². The highest BCUT2D eigenvalue weighted by molar-refractivity contribution is 7.99. The van der Waals surface area contributed by atoms with Gasteiger partial charge in [0, 0.05) is 12.3 Å². The van der Waals surface area contributed by atoms with E-state index >= 15 is 0 Å². The number of thioether (sulfide) groups is 1. The van der Waals surface area contributed by atoms with E-state index in [0.29, 0.717) is 29.8 Å². The van der Waals surface area contributed by atoms with Crippen LogP contribution in [0.1, 0.15) is 12.2 Å². The second-order valence-corrected chi connectivity index (χ2v) is 5.72. The standard InChI is InChI=1S/C13H14N4O4S/c1-8-9(3-5-20-8)11-15-16-13(21-11)22-6-2-4-17-10(18)7-14-12(17)19/h3,5H,2,4,6-7H2,1H3,(H,14,19). The molecule has 1 saturated heterocycles. The highest BCUT2D eigenvalue weighted by atomic mass is 32.2. The average Bonchev–Trinajstić information content (AvgIpc) is 3.19. The number of urea groups is 1. The summed E-state index contributed by atoms with van der Waals surface area (Å²) in [5.74, 6) is 1.62. The first-order chi connectivity index (χ1) is 10.6. The van der Waals surface area contributed by atoms with Gasteiger partial charge in [-0.3, -0.25) is 9.69 Å². The highest BCUT2D eigenvalue weighted by Crippen LogP contribution is 2.26. The van der Waals surface area contributed by atoms with Crippen molar-refractivity contribution in [1.29, 1.82) is 0 Å². The molecule has 116 valence electrons. The molecule has 0 aliphatic carbocycles. The van der Waals surface area contributed by atoms with Crippen molar-refractivity contribution in [3.05, 3.63) is 18.1 Å². The van der Waals surface area contributed by atoms with E-state index in [0.717, 1.165) is 11.3 Å². The molecule has 0 aromatic carbocycles. The van der Waals surface area contributed by atoms with E-state index in [1.165, 1.54) is 16.7 Å². The van der Waals surface area contributed by atoms with Crippen LogP contribution < -0.4 is 5.32 Å². The van der Waals surface area contributed by atoms with E-state index < -0.39 is 0 Å². The Hall–Kier alpha value is -2.29. The molecule has 0 radical (unpaired) electrons. The topological polar surface area (TPSA) is 101 Å². The van der Waals surface area contributed by atoms with Gasteiger partial charge in [0.05, 0.1) is 18.4 Å². The number of imide groups is 1. The Balaban J connectivity index is 1.49. The van der Waals surface area contributed by atoms with Crippen LogP contribution in [-0.4, -0.2) is 45.9 Å². The monoisotopic (exact) mass is 322 g/mol. The predicted molar refractivity (Wildman–Crippen MR) is 77.2 cm³/mol. The quantitative estimate of drug-likeness (QED) is 0.490. The Kier molecular flexibility index (Phi) is 4.14. The Morgan fingerprint density at radius 3 is 2.95 bits per heavy atom. The molecule has 1 aliphatic heterocycles. The predicted octanol–water partition coefficient (Wildman–Crippen LogP) is 1.67. The van der Waals surface area contributed by atoms with Gasteiger partial charge in [0.2, 0.25) is 5.91 Å². The number of nitrogens with one attached hydrogen (secondary N) is 1. The molecule has 2 aromatic heterocycles. The third-order valence-electron chi connectivity index (χ3n) is 3.18. The SMILES string of the molecule is Cc1occc1-c1nnc(SCCCN2C(=O)CNC2=O)o1. The van der Waals surface area contributed by atoms with E-state index in [1.807, 2.05) is 6.92 Å². The summed E-state index contributed by atoms with van der Waals surface area (Å²) in [4.78, 5) is 24.0. The molecule has 9 heteroatoms. The molecule has 3 amide bonds. The van der Waals surface area contributed by atoms with Gasteiger partial charge in [0.25, 0.3) is 11.1 Å². The lowest BCUT2D eigenvalue weighted by Gasteiger charge is -2.10. The summed E-state index contributed by atoms with van der Waals surface area (Å²) in [5, 5.41) is 10.9. The number of hydrogen-bond donors (Lipinski definition) is 1. The van der Waals surface area contributed by atoms with Gasteiger partial charge in [-0.15, -0.1) is 10.2 Å². The minimum absolute atomic E-state index is 0.0864. The fourth-order valence-corrected chi connectivity index (χ4v) is 2.73. The highest BCUT2D eigenvalue weighted by Gasteiger charge is 2.27. The molecular weight excluding hydrogens is 308 g/mol. The normalized spacial score (nSPS) is 14.7. The van der Waals surface area contributed by atoms with E-state index in [4.69, 9.17) is 8.83 Å². The molecular formula is C13H14N4O4S. The molecule has 3 heterocycles. The second kappa shape index (κ2) is 6.22. The minimum atomic E-state index is -0.328. The zero-order valence-corrected chi connectivity index (χ0v) is 12.7. The number of furan rings is 1. The number of aryl methyl sites for hydroxylation is 1. The van der Waals surface area contributed by atoms with Crippen molar-refractivity contribution in [2.24, 2.45) is 0 Å². The molecule has 0 spiro atoms. The van der Waals surface area contributed by atoms with Gasteiger partial charge in [-0.2, -0.15) is 0 Å². The second-order valence-electron chi connectivity index (χ2n) is 4.67. The molecule has 0 saturated carbocycles. The van der Waals surface area contributed by atoms with Crippen molar-refractivity contribution in [3.63, 3.8) is 0 Å². The number of amides is 3. The van der Waals surface area contributed by atoms with Crippen LogP contribution >= 0.6 is 11.8 Å². The molecule has 1 N–H and O–H groups in total. The summed E-state index contributed by atoms with van der Waals surface area (Å²) >= 11 is 1.39. The van der Waals surface area contributed by atoms with Crippen molar-refractivity contribution in [3.8, 4) is 11.5 Å². The van der Waals surface area contributed by atoms with Crippen molar-refractivity contribution >= 4 is 23.7 Å². The third-order valence-corrected chi connectivity index (χ3v) is 4.09. The van der Waals surface area contributed by atoms with Crippen LogP contribution in [0.15, 0.2) is 26.4 Å². The lowest BCUT2D eigenvalue weighted by atomic mass is 10.3. The maximum absolute atomic E-state index is 11.4. The maximum atomic E-state index is 11.4. The number of hydrogen-bond acceptors (Lipinski definition) is 7. The van der Waals surface area contributed by atoms with Crippen LogP contribution in [0.25, 0.3) is 11.5 Å². The maximum Gasteiger partial charge on any atom is 0.324 e. The lowest BCUT2D eigenvalue weighted by Crippen LogP contribution is -2.32. The number of carbonyl (C=O) groups is 2. The van der Waals surface area contributed by atoms with Gasteiger partial charge in [-0.05, 0) is 19.4 Å². The van der Waals surface area contributed by atoms with Gasteiger partial charge < -0.3 is 14.2 Å². The smallest absolute Gasteiger partial charge is 0.324 e. The molecule has 0 bridgehead atoms. The van der Waals surface area contributed by atoms with Crippen LogP contribution in [0.5, 0.6) is 0 Å². The minimum Gasteiger partial charge on any atom is -0.469 e. The van der Waals surface area contributed by atoms with Crippen molar-refractivity contribution in [1.82, 2.24) is 20.4 Å². The molecule has 0 unspecified atom stereocenters. The number of carbonyl (C=O) groups excluding carboxylic acids is 2. The molecule has 1 aliphatic rings. The van der Waals surface area contributed by atoms with Crippen LogP contribution in [0.2, 0.25) is 0 Å². The zero-order valence-electron chi connectivity index (χ0n) is 11.9. The summed E-state index contributed by atoms with van der Waals surface area (Å²) in [6, 6.07) is 1.44. The van der Waals surface area contributed by atoms with Crippen LogP contribution in [-0.2, 0) is 4.79 Å². The fourth-order valence-electron chi connectivity index (χ4n) is 2.05. The molecule has 22 heavy (non-hydrogen) atoms.